The smallest absolute Gasteiger partial charge is 0.291 e. The van der Waals surface area contributed by atoms with Gasteiger partial charge in [0.05, 0.1) is 6.04 Å². The third-order valence-electron chi connectivity index (χ3n) is 3.84. The highest BCUT2D eigenvalue weighted by Crippen LogP contribution is 2.14. The van der Waals surface area contributed by atoms with E-state index in [1.165, 1.54) is 0 Å². The predicted molar refractivity (Wildman–Crippen MR) is 84.8 cm³/mol. The van der Waals surface area contributed by atoms with Gasteiger partial charge in [-0.05, 0) is 12.0 Å². The molecule has 1 aromatic heterocycles. The van der Waals surface area contributed by atoms with Crippen molar-refractivity contribution >= 4 is 11.7 Å². The summed E-state index contributed by atoms with van der Waals surface area (Å²) in [6.45, 7) is 1.82. The molecule has 0 bridgehead atoms. The molecule has 0 saturated heterocycles. The zero-order chi connectivity index (χ0) is 16.2. The summed E-state index contributed by atoms with van der Waals surface area (Å²) in [6, 6.07) is 9.30. The van der Waals surface area contributed by atoms with E-state index in [1.807, 2.05) is 49.4 Å². The molecule has 6 heteroatoms. The molecule has 0 saturated carbocycles. The molecule has 1 aliphatic rings. The van der Waals surface area contributed by atoms with Gasteiger partial charge in [0.25, 0.3) is 5.91 Å². The maximum absolute atomic E-state index is 12.2. The summed E-state index contributed by atoms with van der Waals surface area (Å²) in [6.07, 6.45) is 4.85. The summed E-state index contributed by atoms with van der Waals surface area (Å²) >= 11 is 0. The van der Waals surface area contributed by atoms with Gasteiger partial charge in [0.1, 0.15) is 5.82 Å². The van der Waals surface area contributed by atoms with E-state index >= 15 is 0 Å². The number of nitrogens with zero attached hydrogens (tertiary/aromatic N) is 2. The molecular formula is C17H18N4O2. The highest BCUT2D eigenvalue weighted by Gasteiger charge is 2.27. The van der Waals surface area contributed by atoms with Crippen molar-refractivity contribution in [2.75, 3.05) is 0 Å². The predicted octanol–water partition coefficient (Wildman–Crippen LogP) is 1.66. The highest BCUT2D eigenvalue weighted by atomic mass is 16.2. The molecule has 3 rings (SSSR count). The number of Topliss-reactive ketones (excluding diaryl/α,β-unsaturated/α-hetero) is 1. The van der Waals surface area contributed by atoms with Crippen LogP contribution in [0.5, 0.6) is 0 Å². The molecule has 0 radical (unpaired) electrons. The fraction of sp³-hybridized carbons (Fsp3) is 0.294. The third kappa shape index (κ3) is 3.53. The van der Waals surface area contributed by atoms with E-state index in [2.05, 4.69) is 20.5 Å². The van der Waals surface area contributed by atoms with Crippen LogP contribution in [0.2, 0.25) is 0 Å². The average Bonchev–Trinajstić information content (AvgIpc) is 3.01. The van der Waals surface area contributed by atoms with Crippen LogP contribution in [0.15, 0.2) is 42.5 Å². The Balaban J connectivity index is 1.65. The molecule has 2 atom stereocenters. The Bertz CT molecular complexity index is 736. The second-order valence-electron chi connectivity index (χ2n) is 5.65. The molecule has 0 aliphatic heterocycles. The summed E-state index contributed by atoms with van der Waals surface area (Å²) < 4.78 is 0. The van der Waals surface area contributed by atoms with Crippen LogP contribution in [0, 0.1) is 5.92 Å². The largest absolute Gasteiger partial charge is 0.339 e. The van der Waals surface area contributed by atoms with Crippen molar-refractivity contribution in [1.82, 2.24) is 20.5 Å². The maximum Gasteiger partial charge on any atom is 0.291 e. The van der Waals surface area contributed by atoms with Crippen molar-refractivity contribution in [3.8, 4) is 0 Å². The molecule has 23 heavy (non-hydrogen) atoms. The Hall–Kier alpha value is -2.76. The van der Waals surface area contributed by atoms with E-state index in [0.717, 1.165) is 5.56 Å². The zero-order valence-corrected chi connectivity index (χ0v) is 12.8. The minimum absolute atomic E-state index is 0.0147. The Morgan fingerprint density at radius 1 is 1.35 bits per heavy atom. The van der Waals surface area contributed by atoms with E-state index in [1.54, 1.807) is 0 Å². The van der Waals surface area contributed by atoms with Crippen LogP contribution in [-0.4, -0.2) is 32.9 Å². The standard InChI is InChI=1S/C17H18N4O2/c1-11-6-5-9-13(15(11)22)18-17(23)16-19-14(20-21-16)10-12-7-3-2-4-8-12/h2-8,11,13H,9-10H2,1H3,(H,18,23)(H,19,20,21). The Morgan fingerprint density at radius 3 is 2.91 bits per heavy atom. The second kappa shape index (κ2) is 6.56. The first-order valence-corrected chi connectivity index (χ1v) is 7.60. The number of H-pyrrole nitrogens is 1. The molecule has 0 fully saturated rings. The first-order chi connectivity index (χ1) is 11.1. The molecular weight excluding hydrogens is 292 g/mol. The number of benzene rings is 1. The van der Waals surface area contributed by atoms with Crippen LogP contribution in [0.3, 0.4) is 0 Å². The summed E-state index contributed by atoms with van der Waals surface area (Å²) in [5.74, 6) is 0.0904. The average molecular weight is 310 g/mol. The number of nitrogens with one attached hydrogen (secondary N) is 2. The van der Waals surface area contributed by atoms with Gasteiger partial charge in [-0.25, -0.2) is 4.98 Å². The number of hydrogen-bond donors (Lipinski definition) is 2. The number of hydrogen-bond acceptors (Lipinski definition) is 4. The summed E-state index contributed by atoms with van der Waals surface area (Å²) in [4.78, 5) is 28.4. The summed E-state index contributed by atoms with van der Waals surface area (Å²) in [5, 5.41) is 9.42. The van der Waals surface area contributed by atoms with Crippen molar-refractivity contribution in [2.45, 2.75) is 25.8 Å². The fourth-order valence-corrected chi connectivity index (χ4v) is 2.57. The van der Waals surface area contributed by atoms with E-state index in [0.29, 0.717) is 18.7 Å². The number of rotatable bonds is 4. The zero-order valence-electron chi connectivity index (χ0n) is 12.8. The monoisotopic (exact) mass is 310 g/mol. The summed E-state index contributed by atoms with van der Waals surface area (Å²) in [5.41, 5.74) is 1.08. The fourth-order valence-electron chi connectivity index (χ4n) is 2.57. The molecule has 1 aromatic carbocycles. The highest BCUT2D eigenvalue weighted by molar-refractivity contribution is 5.96. The molecule has 118 valence electrons. The van der Waals surface area contributed by atoms with E-state index in [-0.39, 0.29) is 17.5 Å². The molecule has 2 unspecified atom stereocenters. The van der Waals surface area contributed by atoms with Gasteiger partial charge in [-0.15, -0.1) is 5.10 Å². The van der Waals surface area contributed by atoms with Crippen LogP contribution < -0.4 is 5.32 Å². The topological polar surface area (TPSA) is 87.7 Å². The van der Waals surface area contributed by atoms with Crippen molar-refractivity contribution in [1.29, 1.82) is 0 Å². The van der Waals surface area contributed by atoms with Gasteiger partial charge in [-0.2, -0.15) is 0 Å². The molecule has 1 aliphatic carbocycles. The van der Waals surface area contributed by atoms with Gasteiger partial charge in [-0.3, -0.25) is 14.7 Å². The normalized spacial score (nSPS) is 20.5. The minimum Gasteiger partial charge on any atom is -0.339 e. The van der Waals surface area contributed by atoms with Crippen LogP contribution in [0.1, 0.15) is 35.4 Å². The molecule has 0 spiro atoms. The maximum atomic E-state index is 12.2. The van der Waals surface area contributed by atoms with Gasteiger partial charge >= 0.3 is 0 Å². The Labute approximate surface area is 134 Å². The molecule has 2 N–H and O–H groups in total. The molecule has 1 heterocycles. The summed E-state index contributed by atoms with van der Waals surface area (Å²) in [7, 11) is 0. The molecule has 1 amide bonds. The number of aromatic nitrogens is 3. The minimum atomic E-state index is -0.501. The second-order valence-corrected chi connectivity index (χ2v) is 5.65. The van der Waals surface area contributed by atoms with Crippen LogP contribution in [0.4, 0.5) is 0 Å². The number of carbonyl (C=O) groups excluding carboxylic acids is 2. The first-order valence-electron chi connectivity index (χ1n) is 7.60. The number of aromatic amines is 1. The lowest BCUT2D eigenvalue weighted by Gasteiger charge is -2.21. The van der Waals surface area contributed by atoms with Crippen LogP contribution >= 0.6 is 0 Å². The number of ketones is 1. The third-order valence-corrected chi connectivity index (χ3v) is 3.84. The van der Waals surface area contributed by atoms with E-state index in [9.17, 15) is 9.59 Å². The SMILES string of the molecule is CC1C=CCC(NC(=O)c2n[nH]c(Cc3ccccc3)n2)C1=O. The Morgan fingerprint density at radius 2 is 2.13 bits per heavy atom. The lowest BCUT2D eigenvalue weighted by atomic mass is 9.92. The van der Waals surface area contributed by atoms with Gasteiger partial charge in [0, 0.05) is 12.3 Å². The van der Waals surface area contributed by atoms with Gasteiger partial charge in [0.15, 0.2) is 5.78 Å². The van der Waals surface area contributed by atoms with Crippen LogP contribution in [-0.2, 0) is 11.2 Å². The van der Waals surface area contributed by atoms with Crippen molar-refractivity contribution in [2.24, 2.45) is 5.92 Å². The van der Waals surface area contributed by atoms with Crippen molar-refractivity contribution in [3.05, 3.63) is 59.7 Å². The quantitative estimate of drug-likeness (QED) is 0.841. The van der Waals surface area contributed by atoms with Crippen LogP contribution in [0.25, 0.3) is 0 Å². The Kier molecular flexibility index (Phi) is 4.32. The van der Waals surface area contributed by atoms with Crippen molar-refractivity contribution in [3.63, 3.8) is 0 Å². The lowest BCUT2D eigenvalue weighted by molar-refractivity contribution is -0.123. The lowest BCUT2D eigenvalue weighted by Crippen LogP contribution is -2.44. The van der Waals surface area contributed by atoms with Gasteiger partial charge in [-0.1, -0.05) is 49.4 Å². The van der Waals surface area contributed by atoms with Gasteiger partial charge in [0.2, 0.25) is 5.82 Å². The van der Waals surface area contributed by atoms with E-state index in [4.69, 9.17) is 0 Å². The number of amides is 1. The first kappa shape index (κ1) is 15.1. The number of carbonyl (C=O) groups is 2. The molecule has 6 nitrogen and oxygen atoms in total. The van der Waals surface area contributed by atoms with Crippen molar-refractivity contribution < 1.29 is 9.59 Å². The number of allylic oxidation sites excluding steroid dienone is 1. The molecule has 2 aromatic rings. The van der Waals surface area contributed by atoms with E-state index < -0.39 is 11.9 Å². The van der Waals surface area contributed by atoms with Gasteiger partial charge < -0.3 is 5.32 Å².